The van der Waals surface area contributed by atoms with Gasteiger partial charge in [-0.05, 0) is 48.6 Å². The Morgan fingerprint density at radius 2 is 1.05 bits per heavy atom. The molecule has 3 aromatic rings. The van der Waals surface area contributed by atoms with E-state index < -0.39 is 0 Å². The van der Waals surface area contributed by atoms with Gasteiger partial charge in [-0.25, -0.2) is 0 Å². The summed E-state index contributed by atoms with van der Waals surface area (Å²) in [7, 11) is 0. The lowest BCUT2D eigenvalue weighted by Gasteiger charge is -2.37. The van der Waals surface area contributed by atoms with Crippen LogP contribution in [0, 0.1) is 5.92 Å². The van der Waals surface area contributed by atoms with Gasteiger partial charge in [-0.1, -0.05) is 110 Å². The Morgan fingerprint density at radius 3 is 1.49 bits per heavy atom. The molecule has 0 amide bonds. The second-order valence-electron chi connectivity index (χ2n) is 9.40. The average molecular weight is 538 g/mol. The maximum absolute atomic E-state index is 5.80. The first kappa shape index (κ1) is 29.8. The number of unbranched alkanes of at least 4 members (excludes halogenated alkanes) is 3. The van der Waals surface area contributed by atoms with Crippen molar-refractivity contribution in [3.63, 3.8) is 0 Å². The van der Waals surface area contributed by atoms with Crippen molar-refractivity contribution in [2.45, 2.75) is 37.6 Å². The van der Waals surface area contributed by atoms with E-state index in [-0.39, 0.29) is 5.54 Å². The molecule has 0 fully saturated rings. The summed E-state index contributed by atoms with van der Waals surface area (Å²) >= 11 is 3.46. The molecule has 200 valence electrons. The van der Waals surface area contributed by atoms with Crippen molar-refractivity contribution >= 4 is 23.5 Å². The maximum Gasteiger partial charge on any atom is 0.0947 e. The summed E-state index contributed by atoms with van der Waals surface area (Å²) in [5, 5.41) is 4.01. The minimum absolute atomic E-state index is 0.377. The zero-order valence-corrected chi connectivity index (χ0v) is 24.1. The Hall–Kier alpha value is -1.76. The highest BCUT2D eigenvalue weighted by atomic mass is 32.2. The van der Waals surface area contributed by atoms with Gasteiger partial charge in [-0.2, -0.15) is 0 Å². The van der Waals surface area contributed by atoms with E-state index in [1.54, 1.807) is 23.5 Å². The number of ether oxygens (including phenoxy) is 2. The SMILES string of the molecule is CSCOCC(CCCCCCNC(c1ccccc1)(c1ccccc1)c1ccccc1)COCSC. The Morgan fingerprint density at radius 1 is 0.622 bits per heavy atom. The van der Waals surface area contributed by atoms with E-state index in [1.807, 2.05) is 0 Å². The monoisotopic (exact) mass is 537 g/mol. The molecule has 0 saturated heterocycles. The summed E-state index contributed by atoms with van der Waals surface area (Å²) in [6.07, 6.45) is 10.1. The molecule has 1 N–H and O–H groups in total. The summed E-state index contributed by atoms with van der Waals surface area (Å²) in [6.45, 7) is 2.55. The Bertz CT molecular complexity index is 850. The molecule has 0 aliphatic heterocycles. The highest BCUT2D eigenvalue weighted by molar-refractivity contribution is 7.98. The van der Waals surface area contributed by atoms with Crippen LogP contribution in [0.2, 0.25) is 0 Å². The molecule has 0 heterocycles. The smallest absolute Gasteiger partial charge is 0.0947 e. The van der Waals surface area contributed by atoms with Crippen molar-refractivity contribution in [2.24, 2.45) is 5.92 Å². The van der Waals surface area contributed by atoms with Gasteiger partial charge in [0.05, 0.1) is 30.6 Å². The van der Waals surface area contributed by atoms with Crippen LogP contribution in [0.25, 0.3) is 0 Å². The first-order valence-electron chi connectivity index (χ1n) is 13.4. The number of benzene rings is 3. The van der Waals surface area contributed by atoms with Gasteiger partial charge in [-0.15, -0.1) is 23.5 Å². The molecule has 3 aromatic carbocycles. The van der Waals surface area contributed by atoms with E-state index in [9.17, 15) is 0 Å². The molecule has 0 bridgehead atoms. The van der Waals surface area contributed by atoms with Gasteiger partial charge >= 0.3 is 0 Å². The van der Waals surface area contributed by atoms with Crippen LogP contribution >= 0.6 is 23.5 Å². The van der Waals surface area contributed by atoms with Crippen LogP contribution in [0.15, 0.2) is 91.0 Å². The molecular weight excluding hydrogens is 494 g/mol. The molecular formula is C32H43NO2S2. The van der Waals surface area contributed by atoms with Gasteiger partial charge in [0.15, 0.2) is 0 Å². The van der Waals surface area contributed by atoms with Gasteiger partial charge in [0.25, 0.3) is 0 Å². The minimum Gasteiger partial charge on any atom is -0.370 e. The lowest BCUT2D eigenvalue weighted by atomic mass is 9.77. The predicted octanol–water partition coefficient (Wildman–Crippen LogP) is 7.81. The van der Waals surface area contributed by atoms with Crippen LogP contribution in [0.3, 0.4) is 0 Å². The largest absolute Gasteiger partial charge is 0.370 e. The molecule has 3 rings (SSSR count). The zero-order valence-electron chi connectivity index (χ0n) is 22.4. The van der Waals surface area contributed by atoms with E-state index in [0.29, 0.717) is 5.92 Å². The second kappa shape index (κ2) is 17.7. The average Bonchev–Trinajstić information content (AvgIpc) is 2.96. The summed E-state index contributed by atoms with van der Waals surface area (Å²) in [5.74, 6) is 2.01. The van der Waals surface area contributed by atoms with E-state index in [1.165, 1.54) is 36.0 Å². The lowest BCUT2D eigenvalue weighted by molar-refractivity contribution is 0.0682. The van der Waals surface area contributed by atoms with Crippen molar-refractivity contribution in [3.05, 3.63) is 108 Å². The van der Waals surface area contributed by atoms with Crippen molar-refractivity contribution in [1.29, 1.82) is 0 Å². The van der Waals surface area contributed by atoms with Crippen LogP contribution in [0.5, 0.6) is 0 Å². The fourth-order valence-corrected chi connectivity index (χ4v) is 5.39. The molecule has 0 atom stereocenters. The molecule has 3 nitrogen and oxygen atoms in total. The molecule has 0 aliphatic carbocycles. The van der Waals surface area contributed by atoms with E-state index in [2.05, 4.69) is 109 Å². The molecule has 0 radical (unpaired) electrons. The van der Waals surface area contributed by atoms with Crippen LogP contribution in [0.1, 0.15) is 48.8 Å². The summed E-state index contributed by atoms with van der Waals surface area (Å²) in [5.41, 5.74) is 3.43. The summed E-state index contributed by atoms with van der Waals surface area (Å²) in [4.78, 5) is 0. The Labute approximate surface area is 233 Å². The minimum atomic E-state index is -0.377. The topological polar surface area (TPSA) is 30.5 Å². The molecule has 0 aromatic heterocycles. The van der Waals surface area contributed by atoms with E-state index in [4.69, 9.17) is 9.47 Å². The number of hydrogen-bond acceptors (Lipinski definition) is 5. The summed E-state index contributed by atoms with van der Waals surface area (Å²) < 4.78 is 11.6. The molecule has 5 heteroatoms. The third kappa shape index (κ3) is 9.49. The highest BCUT2D eigenvalue weighted by Crippen LogP contribution is 2.36. The number of rotatable bonds is 19. The number of nitrogens with one attached hydrogen (secondary N) is 1. The normalized spacial score (nSPS) is 11.8. The van der Waals surface area contributed by atoms with Gasteiger partial charge in [-0.3, -0.25) is 5.32 Å². The molecule has 0 saturated carbocycles. The van der Waals surface area contributed by atoms with Crippen molar-refractivity contribution in [2.75, 3.05) is 44.1 Å². The third-order valence-corrected chi connectivity index (χ3v) is 7.46. The third-order valence-electron chi connectivity index (χ3n) is 6.66. The highest BCUT2D eigenvalue weighted by Gasteiger charge is 2.35. The number of thioether (sulfide) groups is 2. The van der Waals surface area contributed by atoms with Gasteiger partial charge in [0, 0.05) is 5.92 Å². The molecule has 0 spiro atoms. The van der Waals surface area contributed by atoms with Crippen LogP contribution in [-0.4, -0.2) is 44.1 Å². The lowest BCUT2D eigenvalue weighted by Crippen LogP contribution is -2.45. The quantitative estimate of drug-likeness (QED) is 0.0957. The Balaban J connectivity index is 1.59. The summed E-state index contributed by atoms with van der Waals surface area (Å²) in [6, 6.07) is 32.6. The Kier molecular flexibility index (Phi) is 14.2. The van der Waals surface area contributed by atoms with Crippen LogP contribution < -0.4 is 5.32 Å². The van der Waals surface area contributed by atoms with Crippen LogP contribution in [-0.2, 0) is 15.0 Å². The first-order chi connectivity index (χ1) is 18.3. The zero-order chi connectivity index (χ0) is 26.0. The van der Waals surface area contributed by atoms with Gasteiger partial charge in [0.2, 0.25) is 0 Å². The molecule has 0 aliphatic rings. The van der Waals surface area contributed by atoms with Crippen molar-refractivity contribution in [1.82, 2.24) is 5.32 Å². The molecule has 0 unspecified atom stereocenters. The van der Waals surface area contributed by atoms with E-state index >= 15 is 0 Å². The van der Waals surface area contributed by atoms with Crippen molar-refractivity contribution < 1.29 is 9.47 Å². The fraction of sp³-hybridized carbons (Fsp3) is 0.438. The predicted molar refractivity (Wildman–Crippen MR) is 162 cm³/mol. The number of hydrogen-bond donors (Lipinski definition) is 1. The molecule has 37 heavy (non-hydrogen) atoms. The van der Waals surface area contributed by atoms with E-state index in [0.717, 1.165) is 44.5 Å². The second-order valence-corrected chi connectivity index (χ2v) is 11.0. The first-order valence-corrected chi connectivity index (χ1v) is 16.1. The fourth-order valence-electron chi connectivity index (χ4n) is 4.87. The van der Waals surface area contributed by atoms with Gasteiger partial charge in [0.1, 0.15) is 0 Å². The van der Waals surface area contributed by atoms with Gasteiger partial charge < -0.3 is 9.47 Å². The van der Waals surface area contributed by atoms with Crippen LogP contribution in [0.4, 0.5) is 0 Å². The van der Waals surface area contributed by atoms with Crippen molar-refractivity contribution in [3.8, 4) is 0 Å². The standard InChI is InChI=1S/C32H43NO2S2/c1-36-26-34-24-28(25-35-27-37-2)16-8-3-4-15-23-33-32(29-17-9-5-10-18-29,30-19-11-6-12-20-30)31-21-13-7-14-22-31/h5-7,9-14,17-22,28,33H,3-4,8,15-16,23-27H2,1-2H3. The maximum atomic E-state index is 5.80.